The number of hydrogen-bond acceptors (Lipinski definition) is 4. The summed E-state index contributed by atoms with van der Waals surface area (Å²) in [6.07, 6.45) is 16.2. The van der Waals surface area contributed by atoms with E-state index in [1.807, 2.05) is 39.0 Å². The third kappa shape index (κ3) is 9.50. The smallest absolute Gasteiger partial charge is 0.212 e. The molecule has 0 heterocycles. The number of nitrogens with one attached hydrogen (secondary N) is 2. The number of aryl methyl sites for hydroxylation is 1. The molecule has 1 aromatic rings. The van der Waals surface area contributed by atoms with E-state index in [0.29, 0.717) is 0 Å². The van der Waals surface area contributed by atoms with Gasteiger partial charge in [-0.3, -0.25) is 0 Å². The minimum atomic E-state index is -3.62. The van der Waals surface area contributed by atoms with Crippen molar-refractivity contribution in [2.75, 3.05) is 13.1 Å². The van der Waals surface area contributed by atoms with Crippen LogP contribution in [-0.4, -0.2) is 29.9 Å². The van der Waals surface area contributed by atoms with Crippen molar-refractivity contribution in [3.63, 3.8) is 0 Å². The van der Waals surface area contributed by atoms with E-state index < -0.39 is 20.0 Å². The SMILES string of the molecule is Cc1ccc(S(=O)(=O)NCC#CCNS(=O)(=O)[C]2[CH][CH][CH][CH]2)cc1.[CH]1[CH][CH][CH][CH]1.[Fe+2]. The first-order valence-corrected chi connectivity index (χ1v) is 11.7. The van der Waals surface area contributed by atoms with Crippen LogP contribution >= 0.6 is 0 Å². The molecular formula is C21H22FeN2O4S2+2. The fraction of sp³-hybridized carbons (Fsp3) is 0.143. The van der Waals surface area contributed by atoms with Gasteiger partial charge >= 0.3 is 17.1 Å². The molecule has 3 rings (SSSR count). The van der Waals surface area contributed by atoms with E-state index in [0.717, 1.165) is 5.56 Å². The van der Waals surface area contributed by atoms with Gasteiger partial charge in [-0.15, -0.1) is 0 Å². The van der Waals surface area contributed by atoms with E-state index >= 15 is 0 Å². The zero-order chi connectivity index (χ0) is 21.2. The summed E-state index contributed by atoms with van der Waals surface area (Å²) < 4.78 is 52.3. The molecule has 9 heteroatoms. The average molecular weight is 486 g/mol. The summed E-state index contributed by atoms with van der Waals surface area (Å²) >= 11 is 0. The molecule has 0 aromatic heterocycles. The number of hydrogen-bond donors (Lipinski definition) is 2. The van der Waals surface area contributed by atoms with Crippen LogP contribution in [-0.2, 0) is 37.1 Å². The molecule has 0 unspecified atom stereocenters. The van der Waals surface area contributed by atoms with E-state index in [4.69, 9.17) is 0 Å². The fourth-order valence-electron chi connectivity index (χ4n) is 2.13. The maximum atomic E-state index is 12.0. The Morgan fingerprint density at radius 3 is 1.60 bits per heavy atom. The van der Waals surface area contributed by atoms with E-state index in [1.54, 1.807) is 25.0 Å². The van der Waals surface area contributed by atoms with Crippen LogP contribution in [0, 0.1) is 81.8 Å². The van der Waals surface area contributed by atoms with Gasteiger partial charge in [-0.25, -0.2) is 21.6 Å². The third-order valence-electron chi connectivity index (χ3n) is 3.66. The Kier molecular flexibility index (Phi) is 12.2. The van der Waals surface area contributed by atoms with E-state index in [9.17, 15) is 16.8 Å². The Hall–Kier alpha value is -0.881. The molecule has 2 fully saturated rings. The van der Waals surface area contributed by atoms with Gasteiger partial charge in [0.15, 0.2) is 0 Å². The molecule has 30 heavy (non-hydrogen) atoms. The summed E-state index contributed by atoms with van der Waals surface area (Å²) in [7, 11) is -7.19. The molecule has 2 aliphatic rings. The van der Waals surface area contributed by atoms with Crippen molar-refractivity contribution in [1.82, 2.24) is 9.44 Å². The summed E-state index contributed by atoms with van der Waals surface area (Å²) in [4.78, 5) is 0.159. The minimum absolute atomic E-state index is 0. The molecule has 10 radical (unpaired) electrons. The molecule has 0 atom stereocenters. The maximum absolute atomic E-state index is 12.0. The van der Waals surface area contributed by atoms with Gasteiger partial charge in [0.25, 0.3) is 0 Å². The molecule has 1 aromatic carbocycles. The van der Waals surface area contributed by atoms with E-state index in [1.165, 1.54) is 25.0 Å². The van der Waals surface area contributed by atoms with Crippen LogP contribution in [0.3, 0.4) is 0 Å². The molecule has 2 N–H and O–H groups in total. The molecule has 0 spiro atoms. The molecule has 6 nitrogen and oxygen atoms in total. The van der Waals surface area contributed by atoms with Crippen molar-refractivity contribution >= 4 is 20.0 Å². The normalized spacial score (nSPS) is 16.7. The van der Waals surface area contributed by atoms with Crippen molar-refractivity contribution < 1.29 is 33.9 Å². The molecule has 2 aliphatic carbocycles. The molecule has 0 saturated heterocycles. The van der Waals surface area contributed by atoms with Crippen molar-refractivity contribution in [1.29, 1.82) is 0 Å². The Morgan fingerprint density at radius 2 is 1.13 bits per heavy atom. The van der Waals surface area contributed by atoms with Gasteiger partial charge in [0.1, 0.15) is 5.25 Å². The first kappa shape index (κ1) is 27.2. The quantitative estimate of drug-likeness (QED) is 0.472. The van der Waals surface area contributed by atoms with Crippen molar-refractivity contribution in [3.05, 3.63) is 92.9 Å². The monoisotopic (exact) mass is 486 g/mol. The fourth-order valence-corrected chi connectivity index (χ4v) is 4.00. The van der Waals surface area contributed by atoms with Gasteiger partial charge in [0.2, 0.25) is 20.0 Å². The van der Waals surface area contributed by atoms with Crippen LogP contribution in [0.15, 0.2) is 29.2 Å². The molecule has 158 valence electrons. The van der Waals surface area contributed by atoms with Crippen molar-refractivity contribution in [2.45, 2.75) is 11.8 Å². The number of benzene rings is 1. The van der Waals surface area contributed by atoms with Crippen molar-refractivity contribution in [2.24, 2.45) is 0 Å². The van der Waals surface area contributed by atoms with Crippen molar-refractivity contribution in [3.8, 4) is 11.8 Å². The second kappa shape index (κ2) is 13.5. The predicted octanol–water partition coefficient (Wildman–Crippen LogP) is 1.58. The van der Waals surface area contributed by atoms with Gasteiger partial charge in [-0.2, -0.15) is 4.72 Å². The van der Waals surface area contributed by atoms with Crippen LogP contribution < -0.4 is 9.44 Å². The maximum Gasteiger partial charge on any atom is 2.00 e. The Bertz CT molecular complexity index is 887. The second-order valence-corrected chi connectivity index (χ2v) is 9.43. The van der Waals surface area contributed by atoms with Gasteiger partial charge in [0, 0.05) is 0 Å². The number of sulfonamides is 2. The van der Waals surface area contributed by atoms with Crippen LogP contribution in [0.4, 0.5) is 0 Å². The van der Waals surface area contributed by atoms with E-state index in [-0.39, 0.29) is 40.3 Å². The summed E-state index contributed by atoms with van der Waals surface area (Å²) in [6, 6.07) is 6.44. The van der Waals surface area contributed by atoms with Crippen LogP contribution in [0.1, 0.15) is 5.56 Å². The van der Waals surface area contributed by atoms with Crippen LogP contribution in [0.2, 0.25) is 0 Å². The van der Waals surface area contributed by atoms with E-state index in [2.05, 4.69) is 21.3 Å². The van der Waals surface area contributed by atoms with Crippen LogP contribution in [0.25, 0.3) is 0 Å². The zero-order valence-corrected chi connectivity index (χ0v) is 19.0. The topological polar surface area (TPSA) is 92.3 Å². The van der Waals surface area contributed by atoms with Gasteiger partial charge in [0.05, 0.1) is 18.0 Å². The Labute approximate surface area is 192 Å². The largest absolute Gasteiger partial charge is 2.00 e. The Morgan fingerprint density at radius 1 is 0.700 bits per heavy atom. The predicted molar refractivity (Wildman–Crippen MR) is 113 cm³/mol. The standard InChI is InChI=1S/C16H17N2O4S2.C5H5.Fe/c1-14-8-10-16(11-9-14)24(21,22)18-13-5-4-12-17-23(19,20)15-6-2-3-7-15;1-2-4-5-3-1;/h2-3,6-11,17-18H,12-13H2,1H3;1-5H;/q;;+2. The van der Waals surface area contributed by atoms with Gasteiger partial charge < -0.3 is 0 Å². The minimum Gasteiger partial charge on any atom is -0.212 e. The zero-order valence-electron chi connectivity index (χ0n) is 16.2. The van der Waals surface area contributed by atoms with Gasteiger partial charge in [-0.1, -0.05) is 29.5 Å². The first-order valence-electron chi connectivity index (χ1n) is 8.71. The second-order valence-electron chi connectivity index (χ2n) is 5.90. The molecule has 2 saturated carbocycles. The third-order valence-corrected chi connectivity index (χ3v) is 6.49. The molecular weight excluding hydrogens is 464 g/mol. The number of rotatable bonds is 6. The summed E-state index contributed by atoms with van der Waals surface area (Å²) in [5.74, 6) is 5.14. The Balaban J connectivity index is 0.000000655. The van der Waals surface area contributed by atoms with Gasteiger partial charge in [-0.05, 0) is 76.8 Å². The summed E-state index contributed by atoms with van der Waals surface area (Å²) in [5, 5.41) is 0.171. The molecule has 0 aliphatic heterocycles. The summed E-state index contributed by atoms with van der Waals surface area (Å²) in [6.45, 7) is 1.67. The average Bonchev–Trinajstić information content (AvgIpc) is 3.41. The first-order chi connectivity index (χ1) is 13.8. The summed E-state index contributed by atoms with van der Waals surface area (Å²) in [5.41, 5.74) is 0.964. The molecule has 0 bridgehead atoms. The van der Waals surface area contributed by atoms with Crippen LogP contribution in [0.5, 0.6) is 0 Å². The molecule has 0 amide bonds.